The van der Waals surface area contributed by atoms with E-state index in [9.17, 15) is 19.0 Å². The molecule has 9 nitrogen and oxygen atoms in total. The van der Waals surface area contributed by atoms with Gasteiger partial charge < -0.3 is 28.5 Å². The molecule has 0 saturated carbocycles. The first-order valence-corrected chi connectivity index (χ1v) is 36.2. The summed E-state index contributed by atoms with van der Waals surface area (Å²) in [7, 11) is 1.16. The van der Waals surface area contributed by atoms with Gasteiger partial charge in [0, 0.05) is 12.8 Å². The van der Waals surface area contributed by atoms with Gasteiger partial charge in [-0.25, -0.2) is 0 Å². The second kappa shape index (κ2) is 62.7. The molecule has 0 aromatic heterocycles. The molecule has 3 unspecified atom stereocenters. The third-order valence-corrected chi connectivity index (χ3v) is 15.9. The second-order valence-electron chi connectivity index (χ2n) is 24.3. The smallest absolute Gasteiger partial charge is 0.306 e. The van der Waals surface area contributed by atoms with E-state index in [1.54, 1.807) is 0 Å². The van der Waals surface area contributed by atoms with E-state index < -0.39 is 26.6 Å². The molecule has 3 atom stereocenters. The molecule has 0 spiro atoms. The van der Waals surface area contributed by atoms with Gasteiger partial charge in [0.25, 0.3) is 7.82 Å². The summed E-state index contributed by atoms with van der Waals surface area (Å²) >= 11 is 0. The predicted octanol–water partition coefficient (Wildman–Crippen LogP) is 21.4. The Bertz CT molecular complexity index is 1810. The topological polar surface area (TPSA) is 114 Å². The van der Waals surface area contributed by atoms with E-state index in [1.165, 1.54) is 148 Å². The number of phosphoric acid groups is 1. The van der Waals surface area contributed by atoms with Gasteiger partial charge in [0.15, 0.2) is 0 Å². The number of rotatable bonds is 62. The Morgan fingerprint density at radius 1 is 0.429 bits per heavy atom. The molecule has 1 N–H and O–H groups in total. The summed E-state index contributed by atoms with van der Waals surface area (Å²) in [5.41, 5.74) is 0. The quantitative estimate of drug-likeness (QED) is 0.0212. The largest absolute Gasteiger partial charge is 0.756 e. The number of amides is 1. The monoisotopic (exact) mass is 1190 g/mol. The number of phosphoric ester groups is 1. The molecule has 0 aliphatic rings. The molecule has 0 aliphatic heterocycles. The molecule has 0 aromatic rings. The maximum atomic E-state index is 13.6. The summed E-state index contributed by atoms with van der Waals surface area (Å²) in [6, 6.07) is -0.907. The average Bonchev–Trinajstić information content (AvgIpc) is 3.65. The molecule has 484 valence electrons. The zero-order chi connectivity index (χ0) is 61.4. The first kappa shape index (κ1) is 80.7. The molecule has 0 saturated heterocycles. The molecular formula is C74H131N2O7P. The van der Waals surface area contributed by atoms with Crippen LogP contribution in [0.5, 0.6) is 0 Å². The van der Waals surface area contributed by atoms with E-state index in [4.69, 9.17) is 13.8 Å². The van der Waals surface area contributed by atoms with Crippen LogP contribution in [0.2, 0.25) is 0 Å². The van der Waals surface area contributed by atoms with E-state index in [0.29, 0.717) is 23.9 Å². The Morgan fingerprint density at radius 2 is 0.762 bits per heavy atom. The number of hydrogen-bond acceptors (Lipinski definition) is 7. The van der Waals surface area contributed by atoms with Crippen molar-refractivity contribution in [3.05, 3.63) is 109 Å². The lowest BCUT2D eigenvalue weighted by Crippen LogP contribution is -2.47. The third-order valence-electron chi connectivity index (χ3n) is 14.9. The van der Waals surface area contributed by atoms with Gasteiger partial charge in [-0.1, -0.05) is 278 Å². The lowest BCUT2D eigenvalue weighted by Gasteiger charge is -2.30. The Balaban J connectivity index is 5.17. The molecule has 0 heterocycles. The number of nitrogens with one attached hydrogen (secondary N) is 1. The van der Waals surface area contributed by atoms with Crippen molar-refractivity contribution in [2.24, 2.45) is 0 Å². The van der Waals surface area contributed by atoms with Crippen LogP contribution < -0.4 is 10.2 Å². The summed E-state index contributed by atoms with van der Waals surface area (Å²) in [6.07, 6.45) is 86.3. The van der Waals surface area contributed by atoms with Crippen LogP contribution in [0.1, 0.15) is 297 Å². The lowest BCUT2D eigenvalue weighted by molar-refractivity contribution is -0.870. The van der Waals surface area contributed by atoms with Gasteiger partial charge in [0.1, 0.15) is 19.3 Å². The second-order valence-corrected chi connectivity index (χ2v) is 25.7. The predicted molar refractivity (Wildman–Crippen MR) is 362 cm³/mol. The van der Waals surface area contributed by atoms with Gasteiger partial charge in [0.2, 0.25) is 5.91 Å². The summed E-state index contributed by atoms with van der Waals surface area (Å²) in [5, 5.41) is 3.03. The Labute approximate surface area is 519 Å². The number of carbonyl (C=O) groups is 2. The van der Waals surface area contributed by atoms with Crippen molar-refractivity contribution in [1.29, 1.82) is 0 Å². The highest BCUT2D eigenvalue weighted by Crippen LogP contribution is 2.38. The van der Waals surface area contributed by atoms with E-state index >= 15 is 0 Å². The van der Waals surface area contributed by atoms with Crippen molar-refractivity contribution in [3.63, 3.8) is 0 Å². The van der Waals surface area contributed by atoms with Gasteiger partial charge >= 0.3 is 5.97 Å². The van der Waals surface area contributed by atoms with E-state index in [2.05, 4.69) is 123 Å². The van der Waals surface area contributed by atoms with Crippen LogP contribution in [0, 0.1) is 0 Å². The van der Waals surface area contributed by atoms with Crippen LogP contribution in [-0.2, 0) is 27.9 Å². The summed E-state index contributed by atoms with van der Waals surface area (Å²) in [6.45, 7) is 6.70. The van der Waals surface area contributed by atoms with Crippen LogP contribution in [0.25, 0.3) is 0 Å². The van der Waals surface area contributed by atoms with E-state index in [-0.39, 0.29) is 24.9 Å². The SMILES string of the molecule is CC/C=C\C/C=C\C/C=C\C/C=C\C/C=C\C/C=C\CCCCCCC(=O)OC(/C=C/CCCCCCCCCCCC)C(COP(=O)([O-])OCC[N+](C)(C)C)NC(=O)CCCCCCCCCCCCCCC/C=C\C/C=C\CCCCC. The van der Waals surface area contributed by atoms with Gasteiger partial charge in [-0.3, -0.25) is 14.2 Å². The minimum atomic E-state index is -4.72. The van der Waals surface area contributed by atoms with Crippen molar-refractivity contribution >= 4 is 19.7 Å². The molecule has 0 fully saturated rings. The van der Waals surface area contributed by atoms with Crippen molar-refractivity contribution in [1.82, 2.24) is 5.32 Å². The van der Waals surface area contributed by atoms with Crippen LogP contribution in [0.15, 0.2) is 109 Å². The van der Waals surface area contributed by atoms with Crippen LogP contribution in [0.3, 0.4) is 0 Å². The number of carbonyl (C=O) groups excluding carboxylic acids is 2. The minimum Gasteiger partial charge on any atom is -0.756 e. The normalized spacial score (nSPS) is 14.2. The Morgan fingerprint density at radius 3 is 1.17 bits per heavy atom. The number of likely N-dealkylation sites (N-methyl/N-ethyl adjacent to an activating group) is 1. The molecule has 0 radical (unpaired) electrons. The fraction of sp³-hybridized carbons (Fsp3) is 0.730. The number of ether oxygens (including phenoxy) is 1. The molecule has 10 heteroatoms. The van der Waals surface area contributed by atoms with Crippen molar-refractivity contribution in [2.45, 2.75) is 309 Å². The summed E-state index contributed by atoms with van der Waals surface area (Å²) < 4.78 is 30.4. The highest BCUT2D eigenvalue weighted by atomic mass is 31.2. The zero-order valence-corrected chi connectivity index (χ0v) is 56.2. The van der Waals surface area contributed by atoms with Crippen molar-refractivity contribution < 1.29 is 37.3 Å². The molecule has 0 aromatic carbocycles. The molecule has 84 heavy (non-hydrogen) atoms. The number of nitrogens with zero attached hydrogens (tertiary/aromatic N) is 1. The maximum absolute atomic E-state index is 13.6. The first-order valence-electron chi connectivity index (χ1n) is 34.7. The maximum Gasteiger partial charge on any atom is 0.306 e. The number of esters is 1. The minimum absolute atomic E-state index is 0.0314. The van der Waals surface area contributed by atoms with Gasteiger partial charge in [0.05, 0.1) is 33.8 Å². The Hall–Kier alpha value is -3.33. The standard InChI is InChI=1S/C74H131N2O7P/c1-7-10-13-16-19-22-25-28-30-32-34-36-38-40-42-44-46-48-51-54-57-60-63-66-73(77)75-71(70-82-84(79,80)81-69-68-76(4,5)6)72(65-62-59-56-53-50-27-24-21-18-15-12-9-3)83-74(78)67-64-61-58-55-52-49-47-45-43-41-39-37-35-33-31-29-26-23-20-17-14-11-8-2/h11,14,19-20,22-23,28-31,35,37,41,43,47,49,62,65,71-72H,7-10,12-13,15-18,21,24-27,32-34,36,38-40,42,44-46,48,50-61,63-64,66-70H2,1-6H3,(H-,75,77,79,80)/b14-11-,22-19-,23-20-,30-28-,31-29-,37-35-,43-41-,49-47-,65-62+. The first-order chi connectivity index (χ1) is 40.9. The van der Waals surface area contributed by atoms with Crippen LogP contribution >= 0.6 is 7.82 Å². The number of allylic oxidation sites excluding steroid dienone is 17. The summed E-state index contributed by atoms with van der Waals surface area (Å²) in [5.74, 6) is -0.570. The number of hydrogen-bond donors (Lipinski definition) is 1. The summed E-state index contributed by atoms with van der Waals surface area (Å²) in [4.78, 5) is 40.2. The Kier molecular flexibility index (Phi) is 60.2. The third kappa shape index (κ3) is 63.2. The van der Waals surface area contributed by atoms with Crippen LogP contribution in [0.4, 0.5) is 0 Å². The lowest BCUT2D eigenvalue weighted by atomic mass is 10.0. The molecule has 0 rings (SSSR count). The van der Waals surface area contributed by atoms with E-state index in [0.717, 1.165) is 109 Å². The molecular weight excluding hydrogens is 1060 g/mol. The number of quaternary nitrogens is 1. The van der Waals surface area contributed by atoms with Crippen LogP contribution in [-0.4, -0.2) is 69.4 Å². The highest BCUT2D eigenvalue weighted by Gasteiger charge is 2.27. The molecule has 0 bridgehead atoms. The molecule has 0 aliphatic carbocycles. The van der Waals surface area contributed by atoms with E-state index in [1.807, 2.05) is 33.3 Å². The fourth-order valence-corrected chi connectivity index (χ4v) is 10.3. The molecule has 1 amide bonds. The average molecular weight is 1190 g/mol. The fourth-order valence-electron chi connectivity index (χ4n) is 9.62. The van der Waals surface area contributed by atoms with Gasteiger partial charge in [-0.15, -0.1) is 0 Å². The van der Waals surface area contributed by atoms with Crippen molar-refractivity contribution in [2.75, 3.05) is 40.9 Å². The van der Waals surface area contributed by atoms with Gasteiger partial charge in [-0.05, 0) is 115 Å². The van der Waals surface area contributed by atoms with Crippen molar-refractivity contribution in [3.8, 4) is 0 Å². The highest BCUT2D eigenvalue weighted by molar-refractivity contribution is 7.45. The number of unbranched alkanes of at least 4 members (excludes halogenated alkanes) is 30. The zero-order valence-electron chi connectivity index (χ0n) is 55.3. The van der Waals surface area contributed by atoms with Gasteiger partial charge in [-0.2, -0.15) is 0 Å².